The molecule has 0 radical (unpaired) electrons. The van der Waals surface area contributed by atoms with Gasteiger partial charge in [0.15, 0.2) is 0 Å². The lowest BCUT2D eigenvalue weighted by Crippen LogP contribution is -1.90. The molecule has 0 aliphatic heterocycles. The van der Waals surface area contributed by atoms with E-state index in [-0.39, 0.29) is 5.56 Å². The van der Waals surface area contributed by atoms with Crippen molar-refractivity contribution in [3.05, 3.63) is 64.6 Å². The summed E-state index contributed by atoms with van der Waals surface area (Å²) in [5.74, 6) is -0.964. The Morgan fingerprint density at radius 2 is 2.19 bits per heavy atom. The van der Waals surface area contributed by atoms with Gasteiger partial charge in [-0.3, -0.25) is 0 Å². The first-order valence-electron chi connectivity index (χ1n) is 5.98. The van der Waals surface area contributed by atoms with Crippen molar-refractivity contribution in [1.29, 1.82) is 0 Å². The average molecular weight is 324 g/mol. The summed E-state index contributed by atoms with van der Waals surface area (Å²) in [7, 11) is 0. The molecule has 1 heterocycles. The maximum Gasteiger partial charge on any atom is 0.328 e. The minimum atomic E-state index is -1.11. The lowest BCUT2D eigenvalue weighted by atomic mass is 10.1. The lowest BCUT2D eigenvalue weighted by molar-refractivity contribution is -0.131. The molecule has 0 atom stereocenters. The highest BCUT2D eigenvalue weighted by molar-refractivity contribution is 7.98. The van der Waals surface area contributed by atoms with Crippen LogP contribution in [0.3, 0.4) is 0 Å². The summed E-state index contributed by atoms with van der Waals surface area (Å²) in [5, 5.41) is 9.96. The van der Waals surface area contributed by atoms with E-state index in [0.717, 1.165) is 16.7 Å². The minimum absolute atomic E-state index is 0.250. The second kappa shape index (κ2) is 7.24. The van der Waals surface area contributed by atoms with Crippen LogP contribution in [0.15, 0.2) is 47.6 Å². The van der Waals surface area contributed by atoms with Crippen LogP contribution in [0.1, 0.15) is 11.1 Å². The number of hydrogen-bond acceptors (Lipinski definition) is 3. The van der Waals surface area contributed by atoms with Gasteiger partial charge in [0.25, 0.3) is 0 Å². The number of nitrogens with zero attached hydrogens (tertiary/aromatic N) is 1. The molecule has 3 nitrogen and oxygen atoms in total. The molecule has 0 saturated carbocycles. The molecule has 6 heteroatoms. The predicted octanol–water partition coefficient (Wildman–Crippen LogP) is 4.26. The third kappa shape index (κ3) is 4.88. The van der Waals surface area contributed by atoms with E-state index < -0.39 is 11.8 Å². The maximum atomic E-state index is 13.5. The fraction of sp³-hybridized carbons (Fsp3) is 0.0667. The van der Waals surface area contributed by atoms with Crippen LogP contribution in [0, 0.1) is 5.82 Å². The Hall–Kier alpha value is -1.85. The highest BCUT2D eigenvalue weighted by Crippen LogP contribution is 2.23. The first kappa shape index (κ1) is 15.5. The second-order valence-corrected chi connectivity index (χ2v) is 5.56. The molecule has 21 heavy (non-hydrogen) atoms. The molecular formula is C15H11ClFNO2S. The number of rotatable bonds is 5. The van der Waals surface area contributed by atoms with Crippen molar-refractivity contribution in [2.24, 2.45) is 0 Å². The Bertz CT molecular complexity index is 674. The third-order valence-electron chi connectivity index (χ3n) is 2.55. The van der Waals surface area contributed by atoms with Gasteiger partial charge in [-0.2, -0.15) is 0 Å². The Balaban J connectivity index is 2.08. The van der Waals surface area contributed by atoms with E-state index in [1.165, 1.54) is 23.9 Å². The van der Waals surface area contributed by atoms with Crippen LogP contribution in [-0.2, 0) is 10.5 Å². The van der Waals surface area contributed by atoms with Crippen molar-refractivity contribution in [2.45, 2.75) is 10.8 Å². The van der Waals surface area contributed by atoms with Gasteiger partial charge in [-0.05, 0) is 35.9 Å². The summed E-state index contributed by atoms with van der Waals surface area (Å²) in [6, 6.07) is 8.17. The number of pyridine rings is 1. The molecule has 0 fully saturated rings. The van der Waals surface area contributed by atoms with E-state index in [2.05, 4.69) is 4.98 Å². The number of hydrogen-bond donors (Lipinski definition) is 1. The van der Waals surface area contributed by atoms with Crippen molar-refractivity contribution in [1.82, 2.24) is 4.98 Å². The zero-order valence-corrected chi connectivity index (χ0v) is 12.4. The third-order valence-corrected chi connectivity index (χ3v) is 3.79. The smallest absolute Gasteiger partial charge is 0.328 e. The second-order valence-electron chi connectivity index (χ2n) is 4.13. The summed E-state index contributed by atoms with van der Waals surface area (Å²) >= 11 is 7.25. The van der Waals surface area contributed by atoms with Crippen LogP contribution in [0.4, 0.5) is 4.39 Å². The highest BCUT2D eigenvalue weighted by atomic mass is 35.5. The lowest BCUT2D eigenvalue weighted by Gasteiger charge is -2.04. The zero-order valence-electron chi connectivity index (χ0n) is 10.8. The van der Waals surface area contributed by atoms with Gasteiger partial charge in [0.2, 0.25) is 0 Å². The van der Waals surface area contributed by atoms with Gasteiger partial charge in [-0.1, -0.05) is 17.7 Å². The van der Waals surface area contributed by atoms with E-state index in [1.54, 1.807) is 24.4 Å². The van der Waals surface area contributed by atoms with Crippen molar-refractivity contribution >= 4 is 35.4 Å². The quantitative estimate of drug-likeness (QED) is 0.659. The summed E-state index contributed by atoms with van der Waals surface area (Å²) in [6.45, 7) is 0. The minimum Gasteiger partial charge on any atom is -0.478 e. The van der Waals surface area contributed by atoms with Crippen molar-refractivity contribution in [3.8, 4) is 0 Å². The standard InChI is InChI=1S/C15H11ClFNO2S/c16-12-3-5-14(18-8-12)21-9-10-1-4-13(17)11(7-10)2-6-15(19)20/h1-8H,9H2,(H,19,20). The Labute approximate surface area is 130 Å². The van der Waals surface area contributed by atoms with E-state index >= 15 is 0 Å². The van der Waals surface area contributed by atoms with Gasteiger partial charge in [-0.25, -0.2) is 14.2 Å². The molecule has 0 unspecified atom stereocenters. The van der Waals surface area contributed by atoms with Gasteiger partial charge in [-0.15, -0.1) is 11.8 Å². The SMILES string of the molecule is O=C(O)C=Cc1cc(CSc2ccc(Cl)cn2)ccc1F. The molecule has 0 spiro atoms. The van der Waals surface area contributed by atoms with Crippen LogP contribution in [0.25, 0.3) is 6.08 Å². The molecule has 0 saturated heterocycles. The monoisotopic (exact) mass is 323 g/mol. The molecule has 1 aromatic carbocycles. The summed E-state index contributed by atoms with van der Waals surface area (Å²) in [4.78, 5) is 14.6. The summed E-state index contributed by atoms with van der Waals surface area (Å²) in [6.07, 6.45) is 3.72. The van der Waals surface area contributed by atoms with Crippen molar-refractivity contribution in [3.63, 3.8) is 0 Å². The number of aliphatic carboxylic acids is 1. The molecule has 2 rings (SSSR count). The van der Waals surface area contributed by atoms with Crippen LogP contribution < -0.4 is 0 Å². The number of benzene rings is 1. The van der Waals surface area contributed by atoms with Gasteiger partial charge in [0.1, 0.15) is 5.82 Å². The van der Waals surface area contributed by atoms with E-state index in [4.69, 9.17) is 16.7 Å². The first-order chi connectivity index (χ1) is 10.0. The number of halogens is 2. The number of carboxylic acid groups (broad SMARTS) is 1. The van der Waals surface area contributed by atoms with E-state index in [0.29, 0.717) is 10.8 Å². The topological polar surface area (TPSA) is 50.2 Å². The molecule has 2 aromatic rings. The van der Waals surface area contributed by atoms with Crippen molar-refractivity contribution in [2.75, 3.05) is 0 Å². The molecular weight excluding hydrogens is 313 g/mol. The normalized spacial score (nSPS) is 11.0. The molecule has 1 aromatic heterocycles. The summed E-state index contributed by atoms with van der Waals surface area (Å²) < 4.78 is 13.5. The fourth-order valence-corrected chi connectivity index (χ4v) is 2.47. The van der Waals surface area contributed by atoms with Crippen molar-refractivity contribution < 1.29 is 14.3 Å². The van der Waals surface area contributed by atoms with Crippen LogP contribution >= 0.6 is 23.4 Å². The van der Waals surface area contributed by atoms with E-state index in [1.807, 2.05) is 6.07 Å². The Morgan fingerprint density at radius 3 is 2.86 bits per heavy atom. The molecule has 0 amide bonds. The fourth-order valence-electron chi connectivity index (χ4n) is 1.58. The predicted molar refractivity (Wildman–Crippen MR) is 81.9 cm³/mol. The average Bonchev–Trinajstić information content (AvgIpc) is 2.46. The molecule has 0 aliphatic carbocycles. The number of aromatic nitrogens is 1. The number of carboxylic acids is 1. The molecule has 1 N–H and O–H groups in total. The van der Waals surface area contributed by atoms with Gasteiger partial charge in [0.05, 0.1) is 10.0 Å². The summed E-state index contributed by atoms with van der Waals surface area (Å²) in [5.41, 5.74) is 1.13. The van der Waals surface area contributed by atoms with Gasteiger partial charge in [0, 0.05) is 23.6 Å². The van der Waals surface area contributed by atoms with Crippen LogP contribution in [0.2, 0.25) is 5.02 Å². The van der Waals surface area contributed by atoms with E-state index in [9.17, 15) is 9.18 Å². The van der Waals surface area contributed by atoms with Crippen LogP contribution in [0.5, 0.6) is 0 Å². The molecule has 0 aliphatic rings. The van der Waals surface area contributed by atoms with Gasteiger partial charge < -0.3 is 5.11 Å². The zero-order chi connectivity index (χ0) is 15.2. The molecule has 108 valence electrons. The highest BCUT2D eigenvalue weighted by Gasteiger charge is 2.03. The Morgan fingerprint density at radius 1 is 1.38 bits per heavy atom. The number of thioether (sulfide) groups is 1. The van der Waals surface area contributed by atoms with Gasteiger partial charge >= 0.3 is 5.97 Å². The first-order valence-corrected chi connectivity index (χ1v) is 7.35. The largest absolute Gasteiger partial charge is 0.478 e. The number of carbonyl (C=O) groups is 1. The van der Waals surface area contributed by atoms with Crippen LogP contribution in [-0.4, -0.2) is 16.1 Å². The Kier molecular flexibility index (Phi) is 5.36. The molecule has 0 bridgehead atoms. The maximum absolute atomic E-state index is 13.5.